The fourth-order valence-electron chi connectivity index (χ4n) is 0.935. The van der Waals surface area contributed by atoms with Gasteiger partial charge in [-0.15, -0.1) is 0 Å². The van der Waals surface area contributed by atoms with E-state index in [9.17, 15) is 8.78 Å². The molecule has 12 heavy (non-hydrogen) atoms. The second-order valence-corrected chi connectivity index (χ2v) is 3.59. The number of hydrogen-bond donors (Lipinski definition) is 0. The minimum absolute atomic E-state index is 0.666. The van der Waals surface area contributed by atoms with Crippen LogP contribution in [0.2, 0.25) is 0 Å². The van der Waals surface area contributed by atoms with Gasteiger partial charge < -0.3 is 0 Å². The lowest BCUT2D eigenvalue weighted by molar-refractivity contribution is 0.121. The van der Waals surface area contributed by atoms with Gasteiger partial charge in [0.15, 0.2) is 0 Å². The summed E-state index contributed by atoms with van der Waals surface area (Å²) in [5, 5.41) is 0. The van der Waals surface area contributed by atoms with Gasteiger partial charge >= 0.3 is 0 Å². The van der Waals surface area contributed by atoms with Crippen molar-refractivity contribution in [3.05, 3.63) is 34.3 Å². The molecule has 1 atom stereocenters. The van der Waals surface area contributed by atoms with Crippen molar-refractivity contribution >= 4 is 15.9 Å². The Morgan fingerprint density at radius 1 is 1.33 bits per heavy atom. The van der Waals surface area contributed by atoms with Crippen LogP contribution in [0.5, 0.6) is 0 Å². The molecule has 0 bridgehead atoms. The zero-order chi connectivity index (χ0) is 9.14. The molecule has 0 saturated heterocycles. The summed E-state index contributed by atoms with van der Waals surface area (Å²) in [6.45, 7) is 1.52. The van der Waals surface area contributed by atoms with Crippen LogP contribution in [-0.4, -0.2) is 6.43 Å². The molecule has 0 N–H and O–H groups in total. The summed E-state index contributed by atoms with van der Waals surface area (Å²) in [6, 6.07) is 7.01. The Hall–Kier alpha value is -0.440. The van der Waals surface area contributed by atoms with E-state index in [0.29, 0.717) is 5.56 Å². The maximum Gasteiger partial charge on any atom is 0.245 e. The van der Waals surface area contributed by atoms with Crippen molar-refractivity contribution in [3.8, 4) is 0 Å². The molecule has 0 spiro atoms. The van der Waals surface area contributed by atoms with Gasteiger partial charge in [-0.2, -0.15) is 0 Å². The first-order chi connectivity index (χ1) is 5.61. The van der Waals surface area contributed by atoms with Crippen LogP contribution in [-0.2, 0) is 0 Å². The summed E-state index contributed by atoms with van der Waals surface area (Å²) in [5.41, 5.74) is 0.666. The number of rotatable bonds is 2. The lowest BCUT2D eigenvalue weighted by Gasteiger charge is -2.10. The highest BCUT2D eigenvalue weighted by Gasteiger charge is 2.16. The molecule has 0 fully saturated rings. The monoisotopic (exact) mass is 234 g/mol. The van der Waals surface area contributed by atoms with Crippen LogP contribution in [0.3, 0.4) is 0 Å². The van der Waals surface area contributed by atoms with Crippen molar-refractivity contribution in [1.82, 2.24) is 0 Å². The third-order valence-electron chi connectivity index (χ3n) is 1.75. The highest BCUT2D eigenvalue weighted by atomic mass is 79.9. The number of alkyl halides is 2. The maximum atomic E-state index is 12.2. The minimum atomic E-state index is -2.29. The highest BCUT2D eigenvalue weighted by molar-refractivity contribution is 9.10. The molecular weight excluding hydrogens is 226 g/mol. The first-order valence-corrected chi connectivity index (χ1v) is 4.44. The molecule has 0 saturated carbocycles. The van der Waals surface area contributed by atoms with E-state index in [4.69, 9.17) is 0 Å². The number of benzene rings is 1. The van der Waals surface area contributed by atoms with Gasteiger partial charge in [0.2, 0.25) is 6.43 Å². The van der Waals surface area contributed by atoms with Gasteiger partial charge in [-0.3, -0.25) is 0 Å². The molecule has 3 heteroatoms. The normalized spacial score (nSPS) is 13.4. The van der Waals surface area contributed by atoms with Gasteiger partial charge in [-0.25, -0.2) is 8.78 Å². The average molecular weight is 235 g/mol. The van der Waals surface area contributed by atoms with E-state index in [0.717, 1.165) is 4.47 Å². The highest BCUT2D eigenvalue weighted by Crippen LogP contribution is 2.24. The van der Waals surface area contributed by atoms with Crippen molar-refractivity contribution in [2.75, 3.05) is 0 Å². The molecule has 1 rings (SSSR count). The van der Waals surface area contributed by atoms with E-state index in [2.05, 4.69) is 15.9 Å². The third-order valence-corrected chi connectivity index (χ3v) is 2.25. The van der Waals surface area contributed by atoms with E-state index < -0.39 is 12.3 Å². The van der Waals surface area contributed by atoms with E-state index in [1.807, 2.05) is 6.07 Å². The lowest BCUT2D eigenvalue weighted by Crippen LogP contribution is -2.04. The zero-order valence-corrected chi connectivity index (χ0v) is 8.18. The summed E-state index contributed by atoms with van der Waals surface area (Å²) >= 11 is 3.23. The molecule has 1 aromatic rings. The maximum absolute atomic E-state index is 12.2. The summed E-state index contributed by atoms with van der Waals surface area (Å²) in [7, 11) is 0. The van der Waals surface area contributed by atoms with Crippen LogP contribution < -0.4 is 0 Å². The van der Waals surface area contributed by atoms with E-state index in [-0.39, 0.29) is 0 Å². The van der Waals surface area contributed by atoms with E-state index in [1.165, 1.54) is 6.92 Å². The second-order valence-electron chi connectivity index (χ2n) is 2.68. The zero-order valence-electron chi connectivity index (χ0n) is 6.60. The summed E-state index contributed by atoms with van der Waals surface area (Å²) < 4.78 is 25.3. The summed E-state index contributed by atoms with van der Waals surface area (Å²) in [5.74, 6) is -0.692. The van der Waals surface area contributed by atoms with Crippen LogP contribution in [0, 0.1) is 0 Å². The Morgan fingerprint density at radius 3 is 2.50 bits per heavy atom. The summed E-state index contributed by atoms with van der Waals surface area (Å²) in [4.78, 5) is 0. The van der Waals surface area contributed by atoms with Gasteiger partial charge in [0.05, 0.1) is 0 Å². The smallest absolute Gasteiger partial charge is 0.210 e. The van der Waals surface area contributed by atoms with E-state index >= 15 is 0 Å². The Morgan fingerprint density at radius 2 is 2.00 bits per heavy atom. The molecule has 0 aliphatic rings. The van der Waals surface area contributed by atoms with Gasteiger partial charge in [-0.1, -0.05) is 35.0 Å². The first kappa shape index (κ1) is 9.65. The van der Waals surface area contributed by atoms with E-state index in [1.54, 1.807) is 18.2 Å². The predicted molar refractivity (Wildman–Crippen MR) is 48.6 cm³/mol. The number of hydrogen-bond acceptors (Lipinski definition) is 0. The molecule has 1 unspecified atom stereocenters. The SMILES string of the molecule is CC(c1cccc(Br)c1)C(F)F. The largest absolute Gasteiger partial charge is 0.245 e. The quantitative estimate of drug-likeness (QED) is 0.730. The van der Waals surface area contributed by atoms with Gasteiger partial charge in [0, 0.05) is 10.4 Å². The molecule has 0 aromatic heterocycles. The van der Waals surface area contributed by atoms with Crippen molar-refractivity contribution in [2.24, 2.45) is 0 Å². The Kier molecular flexibility index (Phi) is 3.20. The fourth-order valence-corrected chi connectivity index (χ4v) is 1.35. The first-order valence-electron chi connectivity index (χ1n) is 3.65. The molecule has 66 valence electrons. The average Bonchev–Trinajstić information content (AvgIpc) is 2.03. The van der Waals surface area contributed by atoms with Crippen LogP contribution in [0.25, 0.3) is 0 Å². The lowest BCUT2D eigenvalue weighted by atomic mass is 10.0. The third kappa shape index (κ3) is 2.27. The van der Waals surface area contributed by atoms with Crippen LogP contribution in [0.15, 0.2) is 28.7 Å². The minimum Gasteiger partial charge on any atom is -0.210 e. The predicted octanol–water partition coefficient (Wildman–Crippen LogP) is 3.82. The Labute approximate surface area is 78.7 Å². The van der Waals surface area contributed by atoms with Gasteiger partial charge in [0.25, 0.3) is 0 Å². The Balaban J connectivity index is 2.88. The standard InChI is InChI=1S/C9H9BrF2/c1-6(9(11)12)7-3-2-4-8(10)5-7/h2-6,9H,1H3. The fraction of sp³-hybridized carbons (Fsp3) is 0.333. The van der Waals surface area contributed by atoms with Gasteiger partial charge in [0.1, 0.15) is 0 Å². The molecule has 0 amide bonds. The van der Waals surface area contributed by atoms with Gasteiger partial charge in [-0.05, 0) is 17.7 Å². The topological polar surface area (TPSA) is 0 Å². The van der Waals surface area contributed by atoms with Crippen molar-refractivity contribution in [2.45, 2.75) is 19.3 Å². The van der Waals surface area contributed by atoms with Crippen LogP contribution >= 0.6 is 15.9 Å². The molecule has 0 aliphatic heterocycles. The second kappa shape index (κ2) is 3.99. The molecule has 0 heterocycles. The molecule has 0 radical (unpaired) electrons. The van der Waals surface area contributed by atoms with Crippen molar-refractivity contribution in [3.63, 3.8) is 0 Å². The number of halogens is 3. The van der Waals surface area contributed by atoms with Crippen LogP contribution in [0.4, 0.5) is 8.78 Å². The molecular formula is C9H9BrF2. The van der Waals surface area contributed by atoms with Crippen molar-refractivity contribution in [1.29, 1.82) is 0 Å². The molecule has 0 nitrogen and oxygen atoms in total. The summed E-state index contributed by atoms with van der Waals surface area (Å²) in [6.07, 6.45) is -2.29. The Bertz CT molecular complexity index is 260. The van der Waals surface area contributed by atoms with Crippen molar-refractivity contribution < 1.29 is 8.78 Å². The van der Waals surface area contributed by atoms with Crippen LogP contribution in [0.1, 0.15) is 18.4 Å². The molecule has 0 aliphatic carbocycles. The molecule has 1 aromatic carbocycles.